The lowest BCUT2D eigenvalue weighted by Crippen LogP contribution is -1.91. The van der Waals surface area contributed by atoms with Crippen molar-refractivity contribution in [2.45, 2.75) is 24.7 Å². The van der Waals surface area contributed by atoms with E-state index in [2.05, 4.69) is 61.7 Å². The summed E-state index contributed by atoms with van der Waals surface area (Å²) in [4.78, 5) is 1.33. The van der Waals surface area contributed by atoms with E-state index in [0.717, 1.165) is 6.42 Å². The minimum Gasteiger partial charge on any atom is -0.130 e. The molecule has 2 aromatic carbocycles. The van der Waals surface area contributed by atoms with E-state index >= 15 is 0 Å². The summed E-state index contributed by atoms with van der Waals surface area (Å²) in [5, 5.41) is 2.67. The van der Waals surface area contributed by atoms with Gasteiger partial charge < -0.3 is 0 Å². The fourth-order valence-electron chi connectivity index (χ4n) is 2.53. The van der Waals surface area contributed by atoms with Gasteiger partial charge in [0.1, 0.15) is 0 Å². The predicted octanol–water partition coefficient (Wildman–Crippen LogP) is 5.69. The summed E-state index contributed by atoms with van der Waals surface area (Å²) in [6, 6.07) is 13.5. The Balaban J connectivity index is 2.03. The van der Waals surface area contributed by atoms with Gasteiger partial charge in [0.25, 0.3) is 0 Å². The maximum Gasteiger partial charge on any atom is 0.00755 e. The Labute approximate surface area is 119 Å². The smallest absolute Gasteiger partial charge is 0.00755 e. The maximum atomic E-state index is 2.32. The highest BCUT2D eigenvalue weighted by Crippen LogP contribution is 2.30. The van der Waals surface area contributed by atoms with Gasteiger partial charge in [0, 0.05) is 4.90 Å². The summed E-state index contributed by atoms with van der Waals surface area (Å²) in [6.07, 6.45) is 9.00. The highest BCUT2D eigenvalue weighted by molar-refractivity contribution is 7.98. The number of benzene rings is 2. The second-order valence-corrected chi connectivity index (χ2v) is 6.01. The highest BCUT2D eigenvalue weighted by atomic mass is 32.2. The fourth-order valence-corrected chi connectivity index (χ4v) is 2.98. The second-order valence-electron chi connectivity index (χ2n) is 5.13. The first-order valence-corrected chi connectivity index (χ1v) is 7.93. The van der Waals surface area contributed by atoms with Crippen molar-refractivity contribution in [2.75, 3.05) is 6.26 Å². The molecule has 1 heteroatoms. The van der Waals surface area contributed by atoms with Crippen molar-refractivity contribution in [3.63, 3.8) is 0 Å². The normalized spacial score (nSPS) is 15.3. The van der Waals surface area contributed by atoms with Crippen molar-refractivity contribution in [1.29, 1.82) is 0 Å². The van der Waals surface area contributed by atoms with E-state index in [9.17, 15) is 0 Å². The van der Waals surface area contributed by atoms with Crippen LogP contribution in [-0.4, -0.2) is 6.26 Å². The van der Waals surface area contributed by atoms with Crippen LogP contribution >= 0.6 is 11.8 Å². The molecule has 0 radical (unpaired) electrons. The number of allylic oxidation sites excluding steroid dienone is 4. The lowest BCUT2D eigenvalue weighted by molar-refractivity contribution is 0.977. The van der Waals surface area contributed by atoms with Gasteiger partial charge >= 0.3 is 0 Å². The van der Waals surface area contributed by atoms with Crippen molar-refractivity contribution in [2.24, 2.45) is 0 Å². The molecule has 0 aliphatic heterocycles. The third kappa shape index (κ3) is 2.62. The Morgan fingerprint density at radius 1 is 0.895 bits per heavy atom. The Bertz CT molecular complexity index is 677. The van der Waals surface area contributed by atoms with Gasteiger partial charge in [-0.3, -0.25) is 0 Å². The lowest BCUT2D eigenvalue weighted by atomic mass is 9.93. The van der Waals surface area contributed by atoms with Gasteiger partial charge in [-0.2, -0.15) is 0 Å². The van der Waals surface area contributed by atoms with Gasteiger partial charge in [0.15, 0.2) is 0 Å². The number of thioether (sulfide) groups is 1. The van der Waals surface area contributed by atoms with E-state index in [1.807, 2.05) is 0 Å². The quantitative estimate of drug-likeness (QED) is 0.630. The molecule has 3 rings (SSSR count). The van der Waals surface area contributed by atoms with Crippen LogP contribution in [-0.2, 0) is 0 Å². The number of hydrogen-bond acceptors (Lipinski definition) is 1. The molecule has 0 bridgehead atoms. The third-order valence-corrected chi connectivity index (χ3v) is 4.50. The summed E-state index contributed by atoms with van der Waals surface area (Å²) in [7, 11) is 0. The summed E-state index contributed by atoms with van der Waals surface area (Å²) in [5.74, 6) is 0. The van der Waals surface area contributed by atoms with Crippen molar-refractivity contribution in [1.82, 2.24) is 0 Å². The number of fused-ring (bicyclic) bond motifs is 1. The first-order valence-electron chi connectivity index (χ1n) is 6.71. The molecule has 2 aromatic rings. The van der Waals surface area contributed by atoms with Crippen LogP contribution in [0, 0.1) is 0 Å². The maximum absolute atomic E-state index is 2.32. The second kappa shape index (κ2) is 5.26. The van der Waals surface area contributed by atoms with Crippen LogP contribution in [0.2, 0.25) is 0 Å². The molecule has 0 spiro atoms. The summed E-state index contributed by atoms with van der Waals surface area (Å²) >= 11 is 1.80. The minimum atomic E-state index is 1.16. The molecule has 0 aromatic heterocycles. The average molecular weight is 266 g/mol. The molecule has 0 atom stereocenters. The van der Waals surface area contributed by atoms with E-state index < -0.39 is 0 Å². The summed E-state index contributed by atoms with van der Waals surface area (Å²) in [5.41, 5.74) is 4.31. The topological polar surface area (TPSA) is 0 Å². The van der Waals surface area contributed by atoms with E-state index in [-0.39, 0.29) is 0 Å². The van der Waals surface area contributed by atoms with Gasteiger partial charge in [-0.1, -0.05) is 35.9 Å². The first kappa shape index (κ1) is 12.6. The van der Waals surface area contributed by atoms with Crippen LogP contribution in [0.5, 0.6) is 0 Å². The van der Waals surface area contributed by atoms with E-state index in [0.29, 0.717) is 0 Å². The van der Waals surface area contributed by atoms with Crippen LogP contribution in [0.25, 0.3) is 16.3 Å². The van der Waals surface area contributed by atoms with Gasteiger partial charge in [0.2, 0.25) is 0 Å². The van der Waals surface area contributed by atoms with E-state index in [4.69, 9.17) is 0 Å². The van der Waals surface area contributed by atoms with Crippen LogP contribution in [0.15, 0.2) is 59.0 Å². The Kier molecular flexibility index (Phi) is 3.48. The molecule has 0 saturated heterocycles. The van der Waals surface area contributed by atoms with Gasteiger partial charge in [-0.05, 0) is 66.1 Å². The van der Waals surface area contributed by atoms with Crippen LogP contribution < -0.4 is 0 Å². The van der Waals surface area contributed by atoms with Gasteiger partial charge in [-0.25, -0.2) is 0 Å². The first-order chi connectivity index (χ1) is 9.26. The highest BCUT2D eigenvalue weighted by Gasteiger charge is 2.06. The molecule has 1 aliphatic carbocycles. The molecular weight excluding hydrogens is 248 g/mol. The molecule has 19 heavy (non-hydrogen) atoms. The summed E-state index contributed by atoms with van der Waals surface area (Å²) in [6.45, 7) is 2.21. The minimum absolute atomic E-state index is 1.16. The molecule has 0 fully saturated rings. The van der Waals surface area contributed by atoms with Crippen molar-refractivity contribution >= 4 is 28.1 Å². The molecule has 0 heterocycles. The van der Waals surface area contributed by atoms with E-state index in [1.165, 1.54) is 38.8 Å². The predicted molar refractivity (Wildman–Crippen MR) is 86.7 cm³/mol. The van der Waals surface area contributed by atoms with Gasteiger partial charge in [0.05, 0.1) is 0 Å². The molecule has 1 aliphatic rings. The van der Waals surface area contributed by atoms with Crippen LogP contribution in [0.3, 0.4) is 0 Å². The Morgan fingerprint density at radius 2 is 1.68 bits per heavy atom. The molecule has 0 unspecified atom stereocenters. The van der Waals surface area contributed by atoms with Crippen LogP contribution in [0.4, 0.5) is 0 Å². The zero-order valence-electron chi connectivity index (χ0n) is 11.4. The molecule has 96 valence electrons. The average Bonchev–Trinajstić information content (AvgIpc) is 2.47. The summed E-state index contributed by atoms with van der Waals surface area (Å²) < 4.78 is 0. The third-order valence-electron chi connectivity index (χ3n) is 3.78. The van der Waals surface area contributed by atoms with Crippen LogP contribution in [0.1, 0.15) is 25.3 Å². The zero-order chi connectivity index (χ0) is 13.2. The number of rotatable bonds is 2. The Hall–Kier alpha value is -1.47. The molecular formula is C18H18S. The largest absolute Gasteiger partial charge is 0.130 e. The molecule has 0 N–H and O–H groups in total. The molecule has 0 nitrogen and oxygen atoms in total. The Morgan fingerprint density at radius 3 is 2.42 bits per heavy atom. The molecule has 0 amide bonds. The van der Waals surface area contributed by atoms with Gasteiger partial charge in [-0.15, -0.1) is 11.8 Å². The molecule has 0 saturated carbocycles. The van der Waals surface area contributed by atoms with E-state index in [1.54, 1.807) is 11.8 Å². The standard InChI is InChI=1S/C18H18S/c1-13-3-5-14(6-4-13)15-7-8-17-12-18(19-2)10-9-16(17)11-15/h3,5,7-12H,4,6H2,1-2H3. The van der Waals surface area contributed by atoms with Crippen molar-refractivity contribution in [3.05, 3.63) is 59.7 Å². The SMILES string of the molecule is CSc1ccc2cc(C3=CC=C(C)CC3)ccc2c1. The van der Waals surface area contributed by atoms with Crippen molar-refractivity contribution in [3.8, 4) is 0 Å². The lowest BCUT2D eigenvalue weighted by Gasteiger charge is -2.13. The zero-order valence-corrected chi connectivity index (χ0v) is 12.3. The monoisotopic (exact) mass is 266 g/mol. The fraction of sp³-hybridized carbons (Fsp3) is 0.222. The number of hydrogen-bond donors (Lipinski definition) is 0. The van der Waals surface area contributed by atoms with Crippen molar-refractivity contribution < 1.29 is 0 Å².